The second-order valence-corrected chi connectivity index (χ2v) is 12.0. The zero-order chi connectivity index (χ0) is 24.0. The summed E-state index contributed by atoms with van der Waals surface area (Å²) in [6.45, 7) is 12.9. The third-order valence-corrected chi connectivity index (χ3v) is 7.56. The van der Waals surface area contributed by atoms with Gasteiger partial charge in [-0.3, -0.25) is 13.9 Å². The lowest BCUT2D eigenvalue weighted by atomic mass is 9.68. The summed E-state index contributed by atoms with van der Waals surface area (Å²) in [4.78, 5) is 30.8. The Labute approximate surface area is 196 Å². The highest BCUT2D eigenvalue weighted by Gasteiger charge is 2.39. The molecule has 2 aliphatic rings. The van der Waals surface area contributed by atoms with Crippen molar-refractivity contribution in [3.63, 3.8) is 0 Å². The van der Waals surface area contributed by atoms with E-state index in [0.29, 0.717) is 19.8 Å². The smallest absolute Gasteiger partial charge is 0.330 e. The van der Waals surface area contributed by atoms with Crippen LogP contribution in [0.3, 0.4) is 0 Å². The molecule has 0 spiro atoms. The zero-order valence-electron chi connectivity index (χ0n) is 21.1. The number of amides is 1. The highest BCUT2D eigenvalue weighted by atomic mass is 16.5. The Hall–Kier alpha value is -2.15. The molecule has 1 N–H and O–H groups in total. The van der Waals surface area contributed by atoms with Crippen LogP contribution >= 0.6 is 0 Å². The molecule has 2 atom stereocenters. The minimum absolute atomic E-state index is 0.00161. The van der Waals surface area contributed by atoms with Gasteiger partial charge in [0.05, 0.1) is 5.52 Å². The van der Waals surface area contributed by atoms with Gasteiger partial charge >= 0.3 is 5.69 Å². The number of nitrogens with one attached hydrogen (secondary N) is 1. The van der Waals surface area contributed by atoms with Gasteiger partial charge in [-0.25, -0.2) is 9.78 Å². The van der Waals surface area contributed by atoms with E-state index in [0.717, 1.165) is 49.0 Å². The number of carbonyl (C=O) groups excluding carboxylic acids is 1. The summed E-state index contributed by atoms with van der Waals surface area (Å²) in [7, 11) is 1.81. The third kappa shape index (κ3) is 5.03. The van der Waals surface area contributed by atoms with Crippen molar-refractivity contribution in [3.8, 4) is 0 Å². The van der Waals surface area contributed by atoms with Crippen LogP contribution in [0.1, 0.15) is 78.3 Å². The second-order valence-electron chi connectivity index (χ2n) is 12.0. The number of hydrogen-bond donors (Lipinski definition) is 1. The van der Waals surface area contributed by atoms with Gasteiger partial charge in [0.25, 0.3) is 0 Å². The minimum Gasteiger partial charge on any atom is -0.381 e. The van der Waals surface area contributed by atoms with Crippen molar-refractivity contribution in [2.45, 2.75) is 85.2 Å². The molecule has 2 unspecified atom stereocenters. The normalized spacial score (nSPS) is 24.2. The van der Waals surface area contributed by atoms with Gasteiger partial charge in [-0.1, -0.05) is 34.6 Å². The molecule has 1 saturated carbocycles. The number of nitrogens with zero attached hydrogens (tertiary/aromatic N) is 3. The topological polar surface area (TPSA) is 78.2 Å². The van der Waals surface area contributed by atoms with E-state index < -0.39 is 0 Å². The Balaban J connectivity index is 1.57. The van der Waals surface area contributed by atoms with Crippen LogP contribution in [-0.2, 0) is 23.1 Å². The summed E-state index contributed by atoms with van der Waals surface area (Å²) in [6.07, 6.45) is 4.55. The van der Waals surface area contributed by atoms with E-state index in [1.165, 1.54) is 0 Å². The van der Waals surface area contributed by atoms with Crippen LogP contribution in [0.25, 0.3) is 11.2 Å². The van der Waals surface area contributed by atoms with Gasteiger partial charge in [0, 0.05) is 50.4 Å². The van der Waals surface area contributed by atoms with Gasteiger partial charge in [-0.15, -0.1) is 0 Å². The third-order valence-electron chi connectivity index (χ3n) is 7.56. The fourth-order valence-electron chi connectivity index (χ4n) is 5.36. The molecule has 33 heavy (non-hydrogen) atoms. The zero-order valence-corrected chi connectivity index (χ0v) is 21.1. The molecule has 7 nitrogen and oxygen atoms in total. The van der Waals surface area contributed by atoms with E-state index in [4.69, 9.17) is 9.72 Å². The molecule has 1 saturated heterocycles. The lowest BCUT2D eigenvalue weighted by molar-refractivity contribution is -0.129. The summed E-state index contributed by atoms with van der Waals surface area (Å²) >= 11 is 0. The van der Waals surface area contributed by atoms with E-state index in [1.54, 1.807) is 4.57 Å². The molecule has 3 heterocycles. The van der Waals surface area contributed by atoms with Gasteiger partial charge < -0.3 is 10.1 Å². The van der Waals surface area contributed by atoms with Crippen molar-refractivity contribution in [2.24, 2.45) is 23.8 Å². The van der Waals surface area contributed by atoms with Crippen LogP contribution in [0.5, 0.6) is 0 Å². The maximum atomic E-state index is 12.9. The van der Waals surface area contributed by atoms with E-state index in [-0.39, 0.29) is 40.3 Å². The molecule has 2 aromatic rings. The maximum absolute atomic E-state index is 12.9. The standard InChI is InChI=1S/C26H40N4O3/c1-25(2,3)16-30-20-8-7-19(27-22(20)29(6)24(30)32)18-9-12-26(4,5)21(15-18)28-23(31)17-10-13-33-14-11-17/h7-8,17-18,21H,9-16H2,1-6H3,(H,28,31). The number of hydrogen-bond acceptors (Lipinski definition) is 4. The average Bonchev–Trinajstić information content (AvgIpc) is 2.99. The van der Waals surface area contributed by atoms with Crippen LogP contribution in [0.2, 0.25) is 0 Å². The predicted octanol–water partition coefficient (Wildman–Crippen LogP) is 3.99. The first-order chi connectivity index (χ1) is 15.5. The number of carbonyl (C=O) groups is 1. The van der Waals surface area contributed by atoms with Gasteiger partial charge in [0.1, 0.15) is 0 Å². The predicted molar refractivity (Wildman–Crippen MR) is 130 cm³/mol. The maximum Gasteiger partial charge on any atom is 0.330 e. The largest absolute Gasteiger partial charge is 0.381 e. The molecule has 1 amide bonds. The molecule has 4 rings (SSSR count). The molecule has 0 bridgehead atoms. The minimum atomic E-state index is -0.0176. The number of imidazole rings is 1. The Kier molecular flexibility index (Phi) is 6.47. The Bertz CT molecular complexity index is 1070. The Morgan fingerprint density at radius 1 is 1.21 bits per heavy atom. The van der Waals surface area contributed by atoms with Gasteiger partial charge in [0.15, 0.2) is 5.65 Å². The fourth-order valence-corrected chi connectivity index (χ4v) is 5.36. The van der Waals surface area contributed by atoms with Crippen molar-refractivity contribution >= 4 is 17.1 Å². The first-order valence-corrected chi connectivity index (χ1v) is 12.4. The summed E-state index contributed by atoms with van der Waals surface area (Å²) in [6, 6.07) is 4.25. The van der Waals surface area contributed by atoms with Crippen molar-refractivity contribution < 1.29 is 9.53 Å². The number of pyridine rings is 1. The van der Waals surface area contributed by atoms with Crippen molar-refractivity contribution in [2.75, 3.05) is 13.2 Å². The summed E-state index contributed by atoms with van der Waals surface area (Å²) in [5.74, 6) is 0.493. The molecule has 0 aromatic carbocycles. The number of aryl methyl sites for hydroxylation is 1. The summed E-state index contributed by atoms with van der Waals surface area (Å²) < 4.78 is 8.93. The van der Waals surface area contributed by atoms with Crippen molar-refractivity contribution in [1.29, 1.82) is 0 Å². The Morgan fingerprint density at radius 2 is 1.91 bits per heavy atom. The fraction of sp³-hybridized carbons (Fsp3) is 0.731. The Morgan fingerprint density at radius 3 is 2.58 bits per heavy atom. The molecule has 182 valence electrons. The monoisotopic (exact) mass is 456 g/mol. The van der Waals surface area contributed by atoms with Gasteiger partial charge in [-0.05, 0) is 55.1 Å². The number of aromatic nitrogens is 3. The number of rotatable bonds is 4. The van der Waals surface area contributed by atoms with Crippen LogP contribution in [0.4, 0.5) is 0 Å². The van der Waals surface area contributed by atoms with Crippen LogP contribution in [-0.4, -0.2) is 39.3 Å². The second kappa shape index (κ2) is 8.90. The summed E-state index contributed by atoms with van der Waals surface area (Å²) in [5.41, 5.74) is 2.69. The van der Waals surface area contributed by atoms with E-state index in [2.05, 4.69) is 52.1 Å². The van der Waals surface area contributed by atoms with Gasteiger partial charge in [-0.2, -0.15) is 0 Å². The molecular weight excluding hydrogens is 416 g/mol. The SMILES string of the molecule is Cn1c(=O)n(CC(C)(C)C)c2ccc(C3CCC(C)(C)C(NC(=O)C4CCOCC4)C3)nc21. The molecule has 2 aromatic heterocycles. The molecule has 2 fully saturated rings. The van der Waals surface area contributed by atoms with Gasteiger partial charge in [0.2, 0.25) is 5.91 Å². The first-order valence-electron chi connectivity index (χ1n) is 12.4. The van der Waals surface area contributed by atoms with E-state index in [1.807, 2.05) is 11.6 Å². The summed E-state index contributed by atoms with van der Waals surface area (Å²) in [5, 5.41) is 3.38. The van der Waals surface area contributed by atoms with Crippen LogP contribution < -0.4 is 11.0 Å². The molecule has 1 aliphatic carbocycles. The number of ether oxygens (including phenoxy) is 1. The van der Waals surface area contributed by atoms with Crippen LogP contribution in [0.15, 0.2) is 16.9 Å². The quantitative estimate of drug-likeness (QED) is 0.755. The van der Waals surface area contributed by atoms with E-state index in [9.17, 15) is 9.59 Å². The molecular formula is C26H40N4O3. The average molecular weight is 457 g/mol. The van der Waals surface area contributed by atoms with Crippen LogP contribution in [0, 0.1) is 16.7 Å². The lowest BCUT2D eigenvalue weighted by Crippen LogP contribution is -2.50. The molecule has 1 aliphatic heterocycles. The lowest BCUT2D eigenvalue weighted by Gasteiger charge is -2.43. The van der Waals surface area contributed by atoms with E-state index >= 15 is 0 Å². The molecule has 7 heteroatoms. The number of fused-ring (bicyclic) bond motifs is 1. The highest BCUT2D eigenvalue weighted by molar-refractivity contribution is 5.79. The highest BCUT2D eigenvalue weighted by Crippen LogP contribution is 2.42. The molecule has 0 radical (unpaired) electrons. The van der Waals surface area contributed by atoms with Crippen molar-refractivity contribution in [3.05, 3.63) is 28.3 Å². The first kappa shape index (κ1) is 24.0. The van der Waals surface area contributed by atoms with Crippen molar-refractivity contribution in [1.82, 2.24) is 19.4 Å².